The minimum Gasteiger partial charge on any atom is -0.489 e. The van der Waals surface area contributed by atoms with Gasteiger partial charge in [0.25, 0.3) is 0 Å². The Hall–Kier alpha value is -3.06. The lowest BCUT2D eigenvalue weighted by Crippen LogP contribution is -2.52. The van der Waals surface area contributed by atoms with Crippen molar-refractivity contribution >= 4 is 12.0 Å². The van der Waals surface area contributed by atoms with Crippen LogP contribution in [0, 0.1) is 0 Å². The number of nitrogens with zero attached hydrogens (tertiary/aromatic N) is 2. The Morgan fingerprint density at radius 3 is 2.21 bits per heavy atom. The molecule has 0 spiro atoms. The van der Waals surface area contributed by atoms with Crippen LogP contribution in [0.2, 0.25) is 0 Å². The van der Waals surface area contributed by atoms with Crippen LogP contribution in [0.1, 0.15) is 24.1 Å². The van der Waals surface area contributed by atoms with Crippen LogP contribution >= 0.6 is 0 Å². The monoisotopic (exact) mass is 397 g/mol. The molecule has 1 unspecified atom stereocenters. The average molecular weight is 397 g/mol. The molecule has 2 amide bonds. The number of nitrogens with two attached hydrogens (primary N) is 1. The smallest absolute Gasteiger partial charge is 0.409 e. The molecule has 0 radical (unpaired) electrons. The van der Waals surface area contributed by atoms with Gasteiger partial charge >= 0.3 is 6.09 Å². The molecule has 2 aromatic carbocycles. The molecule has 7 nitrogen and oxygen atoms in total. The number of carbonyl (C=O) groups is 2. The molecule has 0 bridgehead atoms. The first-order chi connectivity index (χ1) is 14.1. The third kappa shape index (κ3) is 5.48. The van der Waals surface area contributed by atoms with Gasteiger partial charge in [0, 0.05) is 26.2 Å². The van der Waals surface area contributed by atoms with Crippen molar-refractivity contribution in [3.05, 3.63) is 65.7 Å². The third-order valence-electron chi connectivity index (χ3n) is 4.87. The van der Waals surface area contributed by atoms with Crippen molar-refractivity contribution in [3.63, 3.8) is 0 Å². The zero-order valence-corrected chi connectivity index (χ0v) is 16.6. The Bertz CT molecular complexity index is 803. The van der Waals surface area contributed by atoms with Gasteiger partial charge in [-0.2, -0.15) is 0 Å². The lowest BCUT2D eigenvalue weighted by atomic mass is 10.1. The van der Waals surface area contributed by atoms with Gasteiger partial charge in [-0.25, -0.2) is 4.79 Å². The second-order valence-electron chi connectivity index (χ2n) is 6.83. The summed E-state index contributed by atoms with van der Waals surface area (Å²) in [6, 6.07) is 16.5. The fourth-order valence-corrected chi connectivity index (χ4v) is 3.18. The first kappa shape index (κ1) is 20.7. The summed E-state index contributed by atoms with van der Waals surface area (Å²) in [7, 11) is 0. The van der Waals surface area contributed by atoms with Crippen LogP contribution in [0.15, 0.2) is 54.6 Å². The fraction of sp³-hybridized carbons (Fsp3) is 0.364. The van der Waals surface area contributed by atoms with E-state index in [1.165, 1.54) is 0 Å². The molecule has 1 aliphatic heterocycles. The Morgan fingerprint density at radius 2 is 1.59 bits per heavy atom. The topological polar surface area (TPSA) is 85.1 Å². The van der Waals surface area contributed by atoms with Crippen molar-refractivity contribution in [1.29, 1.82) is 0 Å². The summed E-state index contributed by atoms with van der Waals surface area (Å²) < 4.78 is 10.8. The highest BCUT2D eigenvalue weighted by atomic mass is 16.6. The zero-order valence-electron chi connectivity index (χ0n) is 16.6. The van der Waals surface area contributed by atoms with Gasteiger partial charge in [0.15, 0.2) is 0 Å². The highest BCUT2D eigenvalue weighted by Crippen LogP contribution is 2.20. The second kappa shape index (κ2) is 9.93. The number of hydrogen-bond donors (Lipinski definition) is 1. The second-order valence-corrected chi connectivity index (χ2v) is 6.83. The number of rotatable bonds is 6. The zero-order chi connectivity index (χ0) is 20.6. The van der Waals surface area contributed by atoms with Crippen LogP contribution in [0.5, 0.6) is 5.75 Å². The molecule has 0 aliphatic carbocycles. The Labute approximate surface area is 171 Å². The standard InChI is InChI=1S/C22H27N3O4/c1-2-28-22(27)25-14-12-24(13-15-25)21(26)20(23)18-8-10-19(11-9-18)29-16-17-6-4-3-5-7-17/h3-11,20H,2,12-16,23H2,1H3. The summed E-state index contributed by atoms with van der Waals surface area (Å²) in [5.74, 6) is 0.576. The minimum atomic E-state index is -0.743. The molecule has 7 heteroatoms. The number of ether oxygens (including phenoxy) is 2. The maximum absolute atomic E-state index is 12.7. The van der Waals surface area contributed by atoms with Gasteiger partial charge in [-0.05, 0) is 30.2 Å². The van der Waals surface area contributed by atoms with Crippen molar-refractivity contribution in [2.45, 2.75) is 19.6 Å². The number of piperazine rings is 1. The third-order valence-corrected chi connectivity index (χ3v) is 4.87. The van der Waals surface area contributed by atoms with Gasteiger partial charge in [0.1, 0.15) is 18.4 Å². The lowest BCUT2D eigenvalue weighted by molar-refractivity contribution is -0.134. The molecule has 2 N–H and O–H groups in total. The van der Waals surface area contributed by atoms with E-state index in [0.717, 1.165) is 16.9 Å². The molecule has 1 fully saturated rings. The van der Waals surface area contributed by atoms with Crippen molar-refractivity contribution in [1.82, 2.24) is 9.80 Å². The van der Waals surface area contributed by atoms with Crippen molar-refractivity contribution < 1.29 is 19.1 Å². The number of hydrogen-bond acceptors (Lipinski definition) is 5. The molecule has 1 heterocycles. The minimum absolute atomic E-state index is 0.147. The SMILES string of the molecule is CCOC(=O)N1CCN(C(=O)C(N)c2ccc(OCc3ccccc3)cc2)CC1. The summed E-state index contributed by atoms with van der Waals surface area (Å²) in [6.07, 6.45) is -0.338. The molecule has 3 rings (SSSR count). The van der Waals surface area contributed by atoms with Crippen LogP contribution in [0.3, 0.4) is 0 Å². The van der Waals surface area contributed by atoms with Gasteiger partial charge in [-0.15, -0.1) is 0 Å². The molecule has 154 valence electrons. The predicted molar refractivity (Wildman–Crippen MR) is 109 cm³/mol. The van der Waals surface area contributed by atoms with Gasteiger partial charge in [0.2, 0.25) is 5.91 Å². The quantitative estimate of drug-likeness (QED) is 0.810. The predicted octanol–water partition coefficient (Wildman–Crippen LogP) is 2.57. The Kier molecular flexibility index (Phi) is 7.08. The normalized spacial score (nSPS) is 15.0. The van der Waals surface area contributed by atoms with E-state index in [0.29, 0.717) is 39.4 Å². The molecule has 29 heavy (non-hydrogen) atoms. The van der Waals surface area contributed by atoms with Crippen LogP contribution in [0.25, 0.3) is 0 Å². The fourth-order valence-electron chi connectivity index (χ4n) is 3.18. The molecular formula is C22H27N3O4. The summed E-state index contributed by atoms with van der Waals surface area (Å²) in [6.45, 7) is 4.39. The van der Waals surface area contributed by atoms with Gasteiger partial charge in [-0.1, -0.05) is 42.5 Å². The Morgan fingerprint density at radius 1 is 0.966 bits per heavy atom. The molecule has 1 saturated heterocycles. The van der Waals surface area contributed by atoms with Crippen molar-refractivity contribution in [3.8, 4) is 5.75 Å². The van der Waals surface area contributed by atoms with Gasteiger partial charge in [0.05, 0.1) is 6.61 Å². The van der Waals surface area contributed by atoms with E-state index >= 15 is 0 Å². The molecule has 2 aromatic rings. The van der Waals surface area contributed by atoms with E-state index in [4.69, 9.17) is 15.2 Å². The number of carbonyl (C=O) groups excluding carboxylic acids is 2. The Balaban J connectivity index is 1.51. The van der Waals surface area contributed by atoms with Crippen LogP contribution < -0.4 is 10.5 Å². The van der Waals surface area contributed by atoms with E-state index in [-0.39, 0.29) is 12.0 Å². The lowest BCUT2D eigenvalue weighted by Gasteiger charge is -2.35. The van der Waals surface area contributed by atoms with Gasteiger partial charge < -0.3 is 25.0 Å². The van der Waals surface area contributed by atoms with E-state index < -0.39 is 6.04 Å². The van der Waals surface area contributed by atoms with Crippen LogP contribution in [0.4, 0.5) is 4.79 Å². The molecular weight excluding hydrogens is 370 g/mol. The average Bonchev–Trinajstić information content (AvgIpc) is 2.78. The van der Waals surface area contributed by atoms with Crippen LogP contribution in [-0.2, 0) is 16.1 Å². The number of benzene rings is 2. The van der Waals surface area contributed by atoms with Gasteiger partial charge in [-0.3, -0.25) is 4.79 Å². The molecule has 1 atom stereocenters. The van der Waals surface area contributed by atoms with Crippen molar-refractivity contribution in [2.75, 3.05) is 32.8 Å². The highest BCUT2D eigenvalue weighted by Gasteiger charge is 2.28. The highest BCUT2D eigenvalue weighted by molar-refractivity contribution is 5.83. The summed E-state index contributed by atoms with van der Waals surface area (Å²) in [5.41, 5.74) is 8.01. The maximum Gasteiger partial charge on any atom is 0.409 e. The largest absolute Gasteiger partial charge is 0.489 e. The molecule has 0 saturated carbocycles. The van der Waals surface area contributed by atoms with E-state index in [2.05, 4.69) is 0 Å². The first-order valence-electron chi connectivity index (χ1n) is 9.81. The maximum atomic E-state index is 12.7. The molecule has 0 aromatic heterocycles. The summed E-state index contributed by atoms with van der Waals surface area (Å²) in [4.78, 5) is 27.8. The van der Waals surface area contributed by atoms with E-state index in [9.17, 15) is 9.59 Å². The summed E-state index contributed by atoms with van der Waals surface area (Å²) in [5, 5.41) is 0. The number of amides is 2. The first-order valence-corrected chi connectivity index (χ1v) is 9.81. The molecule has 1 aliphatic rings. The summed E-state index contributed by atoms with van der Waals surface area (Å²) >= 11 is 0. The van der Waals surface area contributed by atoms with Crippen molar-refractivity contribution in [2.24, 2.45) is 5.73 Å². The van der Waals surface area contributed by atoms with E-state index in [1.54, 1.807) is 16.7 Å². The van der Waals surface area contributed by atoms with E-state index in [1.807, 2.05) is 54.6 Å². The van der Waals surface area contributed by atoms with Crippen LogP contribution in [-0.4, -0.2) is 54.6 Å².